The third kappa shape index (κ3) is 3.74. The Balaban J connectivity index is 2.26. The van der Waals surface area contributed by atoms with Crippen LogP contribution in [-0.2, 0) is 0 Å². The average molecular weight is 336 g/mol. The van der Waals surface area contributed by atoms with Gasteiger partial charge in [0.2, 0.25) is 0 Å². The molecule has 0 amide bonds. The Labute approximate surface area is 130 Å². The first-order valence-corrected chi connectivity index (χ1v) is 7.82. The summed E-state index contributed by atoms with van der Waals surface area (Å²) in [7, 11) is 0. The maximum Gasteiger partial charge on any atom is 0.0638 e. The van der Waals surface area contributed by atoms with Gasteiger partial charge in [0, 0.05) is 35.8 Å². The van der Waals surface area contributed by atoms with E-state index in [2.05, 4.69) is 71.2 Å². The molecular weight excluding hydrogens is 314 g/mol. The van der Waals surface area contributed by atoms with Crippen molar-refractivity contribution in [1.82, 2.24) is 5.32 Å². The largest absolute Gasteiger partial charge is 0.369 e. The Kier molecular flexibility index (Phi) is 4.72. The molecule has 1 aliphatic rings. The fraction of sp³-hybridized carbons (Fsp3) is 0.562. The molecule has 1 saturated heterocycles. The molecule has 1 aromatic rings. The lowest BCUT2D eigenvalue weighted by atomic mass is 9.93. The lowest BCUT2D eigenvalue weighted by Crippen LogP contribution is -2.37. The zero-order valence-corrected chi connectivity index (χ0v) is 14.0. The SMILES string of the molecule is Cc1cc(N2CC(CC#N)NCC(C)(C)C2)ccc1Br. The van der Waals surface area contributed by atoms with E-state index in [4.69, 9.17) is 5.26 Å². The van der Waals surface area contributed by atoms with Crippen LogP contribution in [0.2, 0.25) is 0 Å². The van der Waals surface area contributed by atoms with E-state index in [0.29, 0.717) is 6.42 Å². The second kappa shape index (κ2) is 6.15. The number of rotatable bonds is 2. The number of halogens is 1. The Morgan fingerprint density at radius 1 is 1.50 bits per heavy atom. The van der Waals surface area contributed by atoms with E-state index in [-0.39, 0.29) is 11.5 Å². The number of anilines is 1. The van der Waals surface area contributed by atoms with Gasteiger partial charge in [0.15, 0.2) is 0 Å². The number of aryl methyl sites for hydroxylation is 1. The maximum absolute atomic E-state index is 8.96. The van der Waals surface area contributed by atoms with Crippen LogP contribution < -0.4 is 10.2 Å². The molecule has 0 saturated carbocycles. The smallest absolute Gasteiger partial charge is 0.0638 e. The molecule has 0 aliphatic carbocycles. The minimum Gasteiger partial charge on any atom is -0.369 e. The first-order chi connectivity index (χ1) is 9.41. The lowest BCUT2D eigenvalue weighted by Gasteiger charge is -2.31. The third-order valence-corrected chi connectivity index (χ3v) is 4.66. The van der Waals surface area contributed by atoms with Gasteiger partial charge >= 0.3 is 0 Å². The van der Waals surface area contributed by atoms with Crippen LogP contribution in [0, 0.1) is 23.7 Å². The summed E-state index contributed by atoms with van der Waals surface area (Å²) >= 11 is 3.55. The van der Waals surface area contributed by atoms with Gasteiger partial charge < -0.3 is 10.2 Å². The van der Waals surface area contributed by atoms with Crippen LogP contribution in [0.1, 0.15) is 25.8 Å². The molecule has 0 aromatic heterocycles. The van der Waals surface area contributed by atoms with Gasteiger partial charge in [-0.2, -0.15) is 5.26 Å². The van der Waals surface area contributed by atoms with Crippen molar-refractivity contribution in [2.75, 3.05) is 24.5 Å². The summed E-state index contributed by atoms with van der Waals surface area (Å²) in [6, 6.07) is 9.01. The van der Waals surface area contributed by atoms with Gasteiger partial charge in [-0.15, -0.1) is 0 Å². The molecule has 20 heavy (non-hydrogen) atoms. The molecule has 3 nitrogen and oxygen atoms in total. The molecule has 1 atom stereocenters. The number of nitrogens with one attached hydrogen (secondary N) is 1. The van der Waals surface area contributed by atoms with Crippen molar-refractivity contribution < 1.29 is 0 Å². The van der Waals surface area contributed by atoms with Gasteiger partial charge in [-0.3, -0.25) is 0 Å². The monoisotopic (exact) mass is 335 g/mol. The molecule has 108 valence electrons. The molecular formula is C16H22BrN3. The summed E-state index contributed by atoms with van der Waals surface area (Å²) in [5.41, 5.74) is 2.69. The molecule has 4 heteroatoms. The molecule has 1 aliphatic heterocycles. The van der Waals surface area contributed by atoms with E-state index in [1.807, 2.05) is 0 Å². The zero-order valence-electron chi connectivity index (χ0n) is 12.4. The van der Waals surface area contributed by atoms with E-state index < -0.39 is 0 Å². The van der Waals surface area contributed by atoms with Gasteiger partial charge in [-0.05, 0) is 36.1 Å². The van der Waals surface area contributed by atoms with Crippen molar-refractivity contribution in [2.45, 2.75) is 33.2 Å². The van der Waals surface area contributed by atoms with Crippen molar-refractivity contribution in [3.8, 4) is 6.07 Å². The summed E-state index contributed by atoms with van der Waals surface area (Å²) in [6.07, 6.45) is 0.558. The maximum atomic E-state index is 8.96. The van der Waals surface area contributed by atoms with Crippen molar-refractivity contribution in [3.05, 3.63) is 28.2 Å². The van der Waals surface area contributed by atoms with Crippen LogP contribution >= 0.6 is 15.9 Å². The minimum atomic E-state index is 0.200. The number of hydrogen-bond donors (Lipinski definition) is 1. The molecule has 0 spiro atoms. The number of benzene rings is 1. The molecule has 1 N–H and O–H groups in total. The second-order valence-corrected chi connectivity index (χ2v) is 7.27. The van der Waals surface area contributed by atoms with Crippen LogP contribution in [-0.4, -0.2) is 25.7 Å². The van der Waals surface area contributed by atoms with E-state index in [1.165, 1.54) is 11.3 Å². The quantitative estimate of drug-likeness (QED) is 0.899. The van der Waals surface area contributed by atoms with Gasteiger partial charge in [0.05, 0.1) is 12.5 Å². The molecule has 0 radical (unpaired) electrons. The van der Waals surface area contributed by atoms with E-state index in [0.717, 1.165) is 24.1 Å². The molecule has 2 rings (SSSR count). The Hall–Kier alpha value is -1.05. The summed E-state index contributed by atoms with van der Waals surface area (Å²) in [5, 5.41) is 12.5. The van der Waals surface area contributed by atoms with Crippen molar-refractivity contribution in [3.63, 3.8) is 0 Å². The van der Waals surface area contributed by atoms with Crippen LogP contribution in [0.25, 0.3) is 0 Å². The summed E-state index contributed by atoms with van der Waals surface area (Å²) in [5.74, 6) is 0. The van der Waals surface area contributed by atoms with E-state index in [9.17, 15) is 0 Å². The van der Waals surface area contributed by atoms with E-state index in [1.54, 1.807) is 0 Å². The summed E-state index contributed by atoms with van der Waals surface area (Å²) in [4.78, 5) is 2.40. The van der Waals surface area contributed by atoms with Crippen molar-refractivity contribution >= 4 is 21.6 Å². The van der Waals surface area contributed by atoms with Crippen LogP contribution in [0.3, 0.4) is 0 Å². The number of hydrogen-bond acceptors (Lipinski definition) is 3. The van der Waals surface area contributed by atoms with Crippen molar-refractivity contribution in [2.24, 2.45) is 5.41 Å². The van der Waals surface area contributed by atoms with Crippen LogP contribution in [0.4, 0.5) is 5.69 Å². The fourth-order valence-electron chi connectivity index (χ4n) is 2.66. The highest BCUT2D eigenvalue weighted by molar-refractivity contribution is 9.10. The van der Waals surface area contributed by atoms with Gasteiger partial charge in [-0.25, -0.2) is 0 Å². The first kappa shape index (κ1) is 15.3. The highest BCUT2D eigenvalue weighted by Gasteiger charge is 2.28. The lowest BCUT2D eigenvalue weighted by molar-refractivity contribution is 0.360. The van der Waals surface area contributed by atoms with Crippen LogP contribution in [0.5, 0.6) is 0 Å². The van der Waals surface area contributed by atoms with Gasteiger partial charge in [-0.1, -0.05) is 29.8 Å². The van der Waals surface area contributed by atoms with Crippen LogP contribution in [0.15, 0.2) is 22.7 Å². The van der Waals surface area contributed by atoms with E-state index >= 15 is 0 Å². The first-order valence-electron chi connectivity index (χ1n) is 7.03. The summed E-state index contributed by atoms with van der Waals surface area (Å²) < 4.78 is 1.14. The third-order valence-electron chi connectivity index (χ3n) is 3.77. The standard InChI is InChI=1S/C16H22BrN3/c1-12-8-14(4-5-15(12)17)20-9-13(6-7-18)19-10-16(2,3)11-20/h4-5,8,13,19H,6,9-11H2,1-3H3. The fourth-order valence-corrected chi connectivity index (χ4v) is 2.90. The van der Waals surface area contributed by atoms with Gasteiger partial charge in [0.1, 0.15) is 0 Å². The second-order valence-electron chi connectivity index (χ2n) is 6.42. The molecule has 1 heterocycles. The van der Waals surface area contributed by atoms with Crippen molar-refractivity contribution in [1.29, 1.82) is 5.26 Å². The molecule has 0 bridgehead atoms. The number of nitriles is 1. The normalized spacial score (nSPS) is 22.1. The van der Waals surface area contributed by atoms with Gasteiger partial charge in [0.25, 0.3) is 0 Å². The average Bonchev–Trinajstić information content (AvgIpc) is 2.52. The predicted octanol–water partition coefficient (Wildman–Crippen LogP) is 3.48. The highest BCUT2D eigenvalue weighted by atomic mass is 79.9. The molecule has 1 unspecified atom stereocenters. The highest BCUT2D eigenvalue weighted by Crippen LogP contribution is 2.28. The molecule has 1 aromatic carbocycles. The number of nitrogens with zero attached hydrogens (tertiary/aromatic N) is 2. The minimum absolute atomic E-state index is 0.200. The topological polar surface area (TPSA) is 39.1 Å². The Morgan fingerprint density at radius 2 is 2.25 bits per heavy atom. The predicted molar refractivity (Wildman–Crippen MR) is 86.9 cm³/mol. The summed E-state index contributed by atoms with van der Waals surface area (Å²) in [6.45, 7) is 9.49. The molecule has 1 fully saturated rings. The zero-order chi connectivity index (χ0) is 14.8. The Morgan fingerprint density at radius 3 is 2.90 bits per heavy atom. The Bertz CT molecular complexity index is 519.